The van der Waals surface area contributed by atoms with Crippen LogP contribution in [0, 0.1) is 0 Å². The number of Topliss-reactive ketones (excluding diaryl/α,β-unsaturated/α-hetero) is 1. The predicted octanol–water partition coefficient (Wildman–Crippen LogP) is 2.35. The Hall–Kier alpha value is -3.48. The summed E-state index contributed by atoms with van der Waals surface area (Å²) < 4.78 is 5.13. The summed E-state index contributed by atoms with van der Waals surface area (Å²) in [6.07, 6.45) is -0.162. The minimum Gasteiger partial charge on any atom is -0.451 e. The van der Waals surface area contributed by atoms with Crippen molar-refractivity contribution in [1.29, 1.82) is 0 Å². The zero-order valence-corrected chi connectivity index (χ0v) is 15.6. The number of para-hydroxylation sites is 1. The number of amides is 2. The third-order valence-corrected chi connectivity index (χ3v) is 4.47. The molecule has 3 rings (SSSR count). The maximum absolute atomic E-state index is 12.2. The van der Waals surface area contributed by atoms with E-state index in [9.17, 15) is 19.2 Å². The first-order valence-electron chi connectivity index (χ1n) is 8.95. The fraction of sp³-hybridized carbons (Fsp3) is 0.238. The summed E-state index contributed by atoms with van der Waals surface area (Å²) in [4.78, 5) is 49.6. The lowest BCUT2D eigenvalue weighted by Gasteiger charge is -2.18. The Labute approximate surface area is 162 Å². The molecule has 1 aliphatic rings. The van der Waals surface area contributed by atoms with E-state index in [2.05, 4.69) is 5.32 Å². The Bertz CT molecular complexity index is 936. The van der Waals surface area contributed by atoms with Crippen LogP contribution in [-0.2, 0) is 25.5 Å². The lowest BCUT2D eigenvalue weighted by atomic mass is 10.1. The molecule has 2 aromatic carbocycles. The van der Waals surface area contributed by atoms with Crippen molar-refractivity contribution >= 4 is 34.9 Å². The molecule has 7 heteroatoms. The summed E-state index contributed by atoms with van der Waals surface area (Å²) in [5.41, 5.74) is 2.35. The Kier molecular flexibility index (Phi) is 5.54. The van der Waals surface area contributed by atoms with Crippen molar-refractivity contribution in [3.05, 3.63) is 59.7 Å². The highest BCUT2D eigenvalue weighted by molar-refractivity contribution is 6.52. The number of aryl methyl sites for hydroxylation is 1. The van der Waals surface area contributed by atoms with Crippen molar-refractivity contribution in [3.8, 4) is 0 Å². The molecule has 1 N–H and O–H groups in total. The van der Waals surface area contributed by atoms with Crippen LogP contribution >= 0.6 is 0 Å². The fourth-order valence-electron chi connectivity index (χ4n) is 2.89. The largest absolute Gasteiger partial charge is 0.451 e. The number of hydrogen-bond acceptors (Lipinski definition) is 5. The Morgan fingerprint density at radius 2 is 1.75 bits per heavy atom. The van der Waals surface area contributed by atoms with Crippen molar-refractivity contribution in [2.45, 2.75) is 26.4 Å². The van der Waals surface area contributed by atoms with Crippen molar-refractivity contribution in [3.63, 3.8) is 0 Å². The standard InChI is InChI=1S/C21H20N2O5/c1-3-14-8-10-15(11-9-14)22-20(26)13(2)28-18(24)12-23-17-7-5-4-6-16(17)19(25)21(23)27/h4-11,13H,3,12H2,1-2H3,(H,22,26)/t13-/m0/s1. The van der Waals surface area contributed by atoms with Crippen LogP contribution in [0.4, 0.5) is 11.4 Å². The van der Waals surface area contributed by atoms with Gasteiger partial charge in [-0.2, -0.15) is 0 Å². The minimum absolute atomic E-state index is 0.251. The molecule has 0 saturated heterocycles. The third kappa shape index (κ3) is 3.93. The van der Waals surface area contributed by atoms with E-state index in [0.29, 0.717) is 11.4 Å². The van der Waals surface area contributed by atoms with Crippen LogP contribution in [-0.4, -0.2) is 36.2 Å². The van der Waals surface area contributed by atoms with Crippen molar-refractivity contribution < 1.29 is 23.9 Å². The number of nitrogens with one attached hydrogen (secondary N) is 1. The van der Waals surface area contributed by atoms with Gasteiger partial charge in [0.1, 0.15) is 6.54 Å². The first-order valence-corrected chi connectivity index (χ1v) is 8.95. The number of fused-ring (bicyclic) bond motifs is 1. The number of esters is 1. The lowest BCUT2D eigenvalue weighted by molar-refractivity contribution is -0.152. The SMILES string of the molecule is CCc1ccc(NC(=O)[C@H](C)OC(=O)CN2C(=O)C(=O)c3ccccc32)cc1. The Morgan fingerprint density at radius 1 is 1.07 bits per heavy atom. The second-order valence-corrected chi connectivity index (χ2v) is 6.41. The van der Waals surface area contributed by atoms with Crippen molar-refractivity contribution in [1.82, 2.24) is 0 Å². The number of benzene rings is 2. The number of ketones is 1. The predicted molar refractivity (Wildman–Crippen MR) is 103 cm³/mol. The molecule has 1 atom stereocenters. The van der Waals surface area contributed by atoms with Gasteiger partial charge in [-0.15, -0.1) is 0 Å². The van der Waals surface area contributed by atoms with Gasteiger partial charge in [-0.3, -0.25) is 24.1 Å². The van der Waals surface area contributed by atoms with Crippen LogP contribution in [0.5, 0.6) is 0 Å². The number of hydrogen-bond donors (Lipinski definition) is 1. The molecule has 2 aromatic rings. The summed E-state index contributed by atoms with van der Waals surface area (Å²) in [6, 6.07) is 13.8. The smallest absolute Gasteiger partial charge is 0.326 e. The molecule has 144 valence electrons. The molecule has 0 saturated carbocycles. The fourth-order valence-corrected chi connectivity index (χ4v) is 2.89. The molecule has 0 radical (unpaired) electrons. The van der Waals surface area contributed by atoms with Crippen LogP contribution in [0.2, 0.25) is 0 Å². The second kappa shape index (κ2) is 8.04. The minimum atomic E-state index is -1.05. The average molecular weight is 380 g/mol. The highest BCUT2D eigenvalue weighted by atomic mass is 16.5. The quantitative estimate of drug-likeness (QED) is 0.613. The van der Waals surface area contributed by atoms with E-state index >= 15 is 0 Å². The van der Waals surface area contributed by atoms with Gasteiger partial charge in [0, 0.05) is 5.69 Å². The van der Waals surface area contributed by atoms with E-state index in [4.69, 9.17) is 4.74 Å². The van der Waals surface area contributed by atoms with Crippen LogP contribution < -0.4 is 10.2 Å². The van der Waals surface area contributed by atoms with Crippen LogP contribution in [0.1, 0.15) is 29.8 Å². The van der Waals surface area contributed by atoms with Crippen LogP contribution in [0.3, 0.4) is 0 Å². The maximum atomic E-state index is 12.2. The molecule has 0 fully saturated rings. The van der Waals surface area contributed by atoms with Crippen molar-refractivity contribution in [2.24, 2.45) is 0 Å². The van der Waals surface area contributed by atoms with E-state index in [-0.39, 0.29) is 5.56 Å². The number of anilines is 2. The van der Waals surface area contributed by atoms with E-state index in [1.54, 1.807) is 30.3 Å². The number of carbonyl (C=O) groups excluding carboxylic acids is 4. The maximum Gasteiger partial charge on any atom is 0.326 e. The molecular formula is C21H20N2O5. The molecule has 2 amide bonds. The zero-order chi connectivity index (χ0) is 20.3. The van der Waals surface area contributed by atoms with E-state index in [1.165, 1.54) is 13.0 Å². The summed E-state index contributed by atoms with van der Waals surface area (Å²) >= 11 is 0. The Morgan fingerprint density at radius 3 is 2.43 bits per heavy atom. The summed E-state index contributed by atoms with van der Waals surface area (Å²) in [5.74, 6) is -2.71. The molecule has 1 heterocycles. The first kappa shape index (κ1) is 19.3. The molecule has 7 nitrogen and oxygen atoms in total. The average Bonchev–Trinajstić information content (AvgIpc) is 2.93. The van der Waals surface area contributed by atoms with Crippen LogP contribution in [0.15, 0.2) is 48.5 Å². The van der Waals surface area contributed by atoms with Crippen LogP contribution in [0.25, 0.3) is 0 Å². The summed E-state index contributed by atoms with van der Waals surface area (Å²) in [5, 5.41) is 2.67. The van der Waals surface area contributed by atoms with Gasteiger partial charge in [0.05, 0.1) is 11.3 Å². The van der Waals surface area contributed by atoms with E-state index in [1.807, 2.05) is 19.1 Å². The lowest BCUT2D eigenvalue weighted by Crippen LogP contribution is -2.38. The number of rotatable bonds is 6. The second-order valence-electron chi connectivity index (χ2n) is 6.41. The zero-order valence-electron chi connectivity index (χ0n) is 15.6. The van der Waals surface area contributed by atoms with Gasteiger partial charge in [-0.25, -0.2) is 0 Å². The van der Waals surface area contributed by atoms with Gasteiger partial charge < -0.3 is 10.1 Å². The molecule has 0 bridgehead atoms. The molecule has 1 aliphatic heterocycles. The number of ether oxygens (including phenoxy) is 1. The highest BCUT2D eigenvalue weighted by Crippen LogP contribution is 2.28. The third-order valence-electron chi connectivity index (χ3n) is 4.47. The molecule has 0 aromatic heterocycles. The van der Waals surface area contributed by atoms with Gasteiger partial charge >= 0.3 is 5.97 Å². The van der Waals surface area contributed by atoms with Crippen molar-refractivity contribution in [2.75, 3.05) is 16.8 Å². The monoisotopic (exact) mass is 380 g/mol. The molecule has 0 unspecified atom stereocenters. The number of nitrogens with zero attached hydrogens (tertiary/aromatic N) is 1. The molecule has 0 aliphatic carbocycles. The van der Waals surface area contributed by atoms with Gasteiger partial charge in [-0.1, -0.05) is 31.2 Å². The van der Waals surface area contributed by atoms with Gasteiger partial charge in [0.2, 0.25) is 0 Å². The van der Waals surface area contributed by atoms with Gasteiger partial charge in [0.25, 0.3) is 17.6 Å². The first-order chi connectivity index (χ1) is 13.4. The highest BCUT2D eigenvalue weighted by Gasteiger charge is 2.37. The molecular weight excluding hydrogens is 360 g/mol. The molecule has 28 heavy (non-hydrogen) atoms. The van der Waals surface area contributed by atoms with Gasteiger partial charge in [0.15, 0.2) is 6.10 Å². The Balaban J connectivity index is 1.59. The van der Waals surface area contributed by atoms with E-state index < -0.39 is 36.2 Å². The normalized spacial score (nSPS) is 13.9. The van der Waals surface area contributed by atoms with Gasteiger partial charge in [-0.05, 0) is 43.2 Å². The summed E-state index contributed by atoms with van der Waals surface area (Å²) in [6.45, 7) is 3.04. The summed E-state index contributed by atoms with van der Waals surface area (Å²) in [7, 11) is 0. The number of carbonyl (C=O) groups is 4. The molecule has 0 spiro atoms. The van der Waals surface area contributed by atoms with E-state index in [0.717, 1.165) is 16.9 Å². The topological polar surface area (TPSA) is 92.8 Å².